The van der Waals surface area contributed by atoms with E-state index in [1.165, 1.54) is 6.07 Å². The van der Waals surface area contributed by atoms with Gasteiger partial charge < -0.3 is 35.4 Å². The number of amides is 4. The van der Waals surface area contributed by atoms with Crippen molar-refractivity contribution in [2.24, 2.45) is 0 Å². The van der Waals surface area contributed by atoms with Gasteiger partial charge in [-0.25, -0.2) is 14.6 Å². The van der Waals surface area contributed by atoms with Crippen LogP contribution in [0.2, 0.25) is 0 Å². The van der Waals surface area contributed by atoms with Crippen LogP contribution < -0.4 is 25.4 Å². The number of likely N-dealkylation sites (tertiary alicyclic amines) is 1. The van der Waals surface area contributed by atoms with E-state index in [4.69, 9.17) is 9.47 Å². The van der Waals surface area contributed by atoms with Gasteiger partial charge in [0.1, 0.15) is 22.8 Å². The fourth-order valence-corrected chi connectivity index (χ4v) is 9.49. The SMILES string of the molecule is O=C(CCCC[C@@H]1SC[C@@H]2NC(=O)N[C@@H]21)NCCN1CCN(CC=CC(=O)N2CCC(c3ccc(C(=O)O)c(Oc4ccc(Oc5ccccc5)cc4)n3)CC2)CC1. The second kappa shape index (κ2) is 20.0. The molecule has 3 aromatic rings. The summed E-state index contributed by atoms with van der Waals surface area (Å²) in [5, 5.41) is 19.3. The zero-order chi connectivity index (χ0) is 40.3. The van der Waals surface area contributed by atoms with E-state index in [-0.39, 0.29) is 47.3 Å². The lowest BCUT2D eigenvalue weighted by atomic mass is 9.92. The quantitative estimate of drug-likeness (QED) is 0.0816. The molecule has 0 aliphatic carbocycles. The van der Waals surface area contributed by atoms with Gasteiger partial charge in [-0.1, -0.05) is 30.7 Å². The normalized spacial score (nSPS) is 21.3. The van der Waals surface area contributed by atoms with Gasteiger partial charge in [-0.2, -0.15) is 11.8 Å². The van der Waals surface area contributed by atoms with E-state index in [1.807, 2.05) is 53.1 Å². The molecule has 4 amide bonds. The molecule has 4 aliphatic heterocycles. The van der Waals surface area contributed by atoms with Crippen LogP contribution >= 0.6 is 11.8 Å². The first-order chi connectivity index (χ1) is 28.3. The summed E-state index contributed by atoms with van der Waals surface area (Å²) in [7, 11) is 0. The average Bonchev–Trinajstić information content (AvgIpc) is 3.80. The summed E-state index contributed by atoms with van der Waals surface area (Å²) in [6.07, 6.45) is 8.45. The molecule has 4 fully saturated rings. The lowest BCUT2D eigenvalue weighted by Crippen LogP contribution is -2.48. The smallest absolute Gasteiger partial charge is 0.341 e. The number of carboxylic acid groups (broad SMARTS) is 1. The minimum absolute atomic E-state index is 0.00333. The monoisotopic (exact) mass is 811 g/mol. The molecule has 3 atom stereocenters. The predicted octanol–water partition coefficient (Wildman–Crippen LogP) is 5.09. The molecule has 4 aliphatic rings. The first-order valence-electron chi connectivity index (χ1n) is 20.4. The molecule has 7 rings (SSSR count). The number of para-hydroxylation sites is 1. The molecule has 14 nitrogen and oxygen atoms in total. The number of pyridine rings is 1. The summed E-state index contributed by atoms with van der Waals surface area (Å²) in [6.45, 7) is 7.00. The number of unbranched alkanes of at least 4 members (excludes halogenated alkanes) is 1. The standard InChI is InChI=1S/C43H53N7O7S/c51-38(10-5-4-9-37-40-36(29-58-37)46-43(55)47-40)44-20-24-49-27-25-48(26-28-49)21-6-11-39(52)50-22-18-30(19-23-50)35-17-16-34(42(53)54)41(45-35)57-33-14-12-32(13-15-33)56-31-7-2-1-3-8-31/h1-3,6-8,11-17,30,36-37,40H,4-5,9-10,18-29H2,(H,44,51)(H,53,54)(H2,46,47,55)/t36-,37-,40-/m0/s1. The zero-order valence-electron chi connectivity index (χ0n) is 32.7. The van der Waals surface area contributed by atoms with Gasteiger partial charge in [0.25, 0.3) is 0 Å². The van der Waals surface area contributed by atoms with Crippen LogP contribution in [0.25, 0.3) is 0 Å². The van der Waals surface area contributed by atoms with Crippen LogP contribution in [0.5, 0.6) is 23.1 Å². The van der Waals surface area contributed by atoms with E-state index in [0.717, 1.165) is 63.4 Å². The number of piperidine rings is 1. The lowest BCUT2D eigenvalue weighted by Gasteiger charge is -2.34. The molecule has 308 valence electrons. The van der Waals surface area contributed by atoms with Crippen molar-refractivity contribution >= 4 is 35.6 Å². The van der Waals surface area contributed by atoms with Crippen LogP contribution in [0.4, 0.5) is 4.79 Å². The Kier molecular flexibility index (Phi) is 14.2. The van der Waals surface area contributed by atoms with Gasteiger partial charge in [-0.3, -0.25) is 19.4 Å². The van der Waals surface area contributed by atoms with Crippen molar-refractivity contribution in [3.63, 3.8) is 0 Å². The van der Waals surface area contributed by atoms with Crippen molar-refractivity contribution in [2.45, 2.75) is 61.8 Å². The average molecular weight is 812 g/mol. The van der Waals surface area contributed by atoms with Crippen LogP contribution in [-0.2, 0) is 9.59 Å². The van der Waals surface area contributed by atoms with Gasteiger partial charge in [0, 0.05) is 94.0 Å². The Bertz CT molecular complexity index is 1900. The molecule has 5 heterocycles. The van der Waals surface area contributed by atoms with Crippen molar-refractivity contribution in [1.29, 1.82) is 0 Å². The zero-order valence-corrected chi connectivity index (χ0v) is 33.5. The van der Waals surface area contributed by atoms with Crippen molar-refractivity contribution in [1.82, 2.24) is 35.6 Å². The van der Waals surface area contributed by atoms with E-state index >= 15 is 0 Å². The number of rotatable bonds is 17. The summed E-state index contributed by atoms with van der Waals surface area (Å²) in [5.74, 6) is 1.82. The molecule has 0 bridgehead atoms. The Morgan fingerprint density at radius 2 is 1.57 bits per heavy atom. The third kappa shape index (κ3) is 11.3. The minimum Gasteiger partial charge on any atom is -0.477 e. The van der Waals surface area contributed by atoms with Gasteiger partial charge in [0.15, 0.2) is 0 Å². The second-order valence-electron chi connectivity index (χ2n) is 15.2. The molecule has 58 heavy (non-hydrogen) atoms. The van der Waals surface area contributed by atoms with E-state index in [0.29, 0.717) is 67.9 Å². The number of aromatic carboxylic acids is 1. The molecular weight excluding hydrogens is 759 g/mol. The van der Waals surface area contributed by atoms with Gasteiger partial charge >= 0.3 is 12.0 Å². The van der Waals surface area contributed by atoms with Gasteiger partial charge in [-0.05, 0) is 74.2 Å². The third-order valence-corrected chi connectivity index (χ3v) is 12.8. The van der Waals surface area contributed by atoms with Crippen LogP contribution in [-0.4, -0.2) is 131 Å². The summed E-state index contributed by atoms with van der Waals surface area (Å²) in [4.78, 5) is 60.2. The number of nitrogens with one attached hydrogen (secondary N) is 3. The van der Waals surface area contributed by atoms with Gasteiger partial charge in [0.05, 0.1) is 12.1 Å². The number of aromatic nitrogens is 1. The Hall–Kier alpha value is -5.12. The Balaban J connectivity index is 0.768. The molecular formula is C43H53N7O7S. The van der Waals surface area contributed by atoms with E-state index < -0.39 is 5.97 Å². The molecule has 4 N–H and O–H groups in total. The third-order valence-electron chi connectivity index (χ3n) is 11.3. The number of piperazine rings is 1. The van der Waals surface area contributed by atoms with E-state index in [9.17, 15) is 24.3 Å². The van der Waals surface area contributed by atoms with Gasteiger partial charge in [0.2, 0.25) is 17.7 Å². The maximum absolute atomic E-state index is 13.1. The Morgan fingerprint density at radius 3 is 2.31 bits per heavy atom. The molecule has 15 heteroatoms. The first-order valence-corrected chi connectivity index (χ1v) is 21.4. The van der Waals surface area contributed by atoms with Crippen molar-refractivity contribution < 1.29 is 33.8 Å². The molecule has 2 aromatic carbocycles. The molecule has 0 unspecified atom stereocenters. The summed E-state index contributed by atoms with van der Waals surface area (Å²) >= 11 is 1.91. The van der Waals surface area contributed by atoms with E-state index in [2.05, 4.69) is 30.7 Å². The predicted molar refractivity (Wildman–Crippen MR) is 222 cm³/mol. The minimum atomic E-state index is -1.12. The summed E-state index contributed by atoms with van der Waals surface area (Å²) < 4.78 is 11.8. The van der Waals surface area contributed by atoms with Crippen LogP contribution in [0.3, 0.4) is 0 Å². The number of ether oxygens (including phenoxy) is 2. The van der Waals surface area contributed by atoms with Crippen LogP contribution in [0.1, 0.15) is 60.5 Å². The van der Waals surface area contributed by atoms with Crippen LogP contribution in [0, 0.1) is 0 Å². The molecule has 4 saturated heterocycles. The molecule has 0 saturated carbocycles. The Labute approximate surface area is 343 Å². The second-order valence-corrected chi connectivity index (χ2v) is 16.5. The van der Waals surface area contributed by atoms with Crippen molar-refractivity contribution in [2.75, 3.05) is 64.7 Å². The number of nitrogens with zero attached hydrogens (tertiary/aromatic N) is 4. The largest absolute Gasteiger partial charge is 0.477 e. The number of benzene rings is 2. The van der Waals surface area contributed by atoms with Gasteiger partial charge in [-0.15, -0.1) is 0 Å². The topological polar surface area (TPSA) is 166 Å². The lowest BCUT2D eigenvalue weighted by molar-refractivity contribution is -0.127. The summed E-state index contributed by atoms with van der Waals surface area (Å²) in [5.41, 5.74) is 0.725. The highest BCUT2D eigenvalue weighted by Crippen LogP contribution is 2.34. The molecule has 0 radical (unpaired) electrons. The number of hydrogen-bond donors (Lipinski definition) is 4. The van der Waals surface area contributed by atoms with Crippen LogP contribution in [0.15, 0.2) is 78.9 Å². The van der Waals surface area contributed by atoms with Crippen molar-refractivity contribution in [3.05, 3.63) is 90.1 Å². The number of thioether (sulfide) groups is 1. The maximum Gasteiger partial charge on any atom is 0.341 e. The van der Waals surface area contributed by atoms with Crippen molar-refractivity contribution in [3.8, 4) is 23.1 Å². The highest BCUT2D eigenvalue weighted by molar-refractivity contribution is 8.00. The first kappa shape index (κ1) is 41.1. The highest BCUT2D eigenvalue weighted by Gasteiger charge is 2.42. The Morgan fingerprint density at radius 1 is 0.862 bits per heavy atom. The molecule has 1 aromatic heterocycles. The number of carboxylic acids is 1. The number of carbonyl (C=O) groups is 4. The number of urea groups is 1. The summed E-state index contributed by atoms with van der Waals surface area (Å²) in [6, 6.07) is 20.1. The fraction of sp³-hybridized carbons (Fsp3) is 0.465. The number of fused-ring (bicyclic) bond motifs is 1. The molecule has 0 spiro atoms. The number of carbonyl (C=O) groups excluding carboxylic acids is 3. The van der Waals surface area contributed by atoms with E-state index in [1.54, 1.807) is 36.4 Å². The highest BCUT2D eigenvalue weighted by atomic mass is 32.2. The fourth-order valence-electron chi connectivity index (χ4n) is 7.95. The maximum atomic E-state index is 13.1. The number of hydrogen-bond acceptors (Lipinski definition) is 10.